The molecule has 0 bridgehead atoms. The van der Waals surface area contributed by atoms with E-state index in [4.69, 9.17) is 11.5 Å². The topological polar surface area (TPSA) is 64.4 Å². The van der Waals surface area contributed by atoms with Crippen molar-refractivity contribution >= 4 is 11.4 Å². The summed E-state index contributed by atoms with van der Waals surface area (Å²) in [5.74, 6) is 0.541. The van der Waals surface area contributed by atoms with Gasteiger partial charge in [-0.05, 0) is 30.5 Å². The second kappa shape index (κ2) is 6.86. The van der Waals surface area contributed by atoms with Crippen molar-refractivity contribution < 1.29 is 0 Å². The number of aliphatic imine (C=N–C) groups is 1. The molecule has 1 aromatic carbocycles. The SMILES string of the molecule is CC(C)CC(/C=C(\N)CN)=Nc1ccccc1. The Hall–Kier alpha value is -1.61. The fourth-order valence-electron chi connectivity index (χ4n) is 1.50. The van der Waals surface area contributed by atoms with Crippen molar-refractivity contribution in [2.75, 3.05) is 6.54 Å². The van der Waals surface area contributed by atoms with Gasteiger partial charge in [0.2, 0.25) is 0 Å². The van der Waals surface area contributed by atoms with Crippen LogP contribution in [0.15, 0.2) is 47.1 Å². The molecular weight excluding hydrogens is 210 g/mol. The maximum atomic E-state index is 5.76. The van der Waals surface area contributed by atoms with Gasteiger partial charge in [-0.25, -0.2) is 0 Å². The Balaban J connectivity index is 2.94. The molecule has 0 aliphatic rings. The Morgan fingerprint density at radius 2 is 1.94 bits per heavy atom. The molecule has 0 heterocycles. The monoisotopic (exact) mass is 231 g/mol. The number of nitrogens with zero attached hydrogens (tertiary/aromatic N) is 1. The summed E-state index contributed by atoms with van der Waals surface area (Å²) >= 11 is 0. The summed E-state index contributed by atoms with van der Waals surface area (Å²) in [5, 5.41) is 0. The molecule has 0 radical (unpaired) electrons. The highest BCUT2D eigenvalue weighted by molar-refractivity contribution is 5.97. The second-order valence-electron chi connectivity index (χ2n) is 4.46. The minimum atomic E-state index is 0.367. The first-order chi connectivity index (χ1) is 8.11. The summed E-state index contributed by atoms with van der Waals surface area (Å²) in [6, 6.07) is 9.88. The molecule has 0 spiro atoms. The molecule has 0 atom stereocenters. The Labute approximate surface area is 103 Å². The van der Waals surface area contributed by atoms with E-state index < -0.39 is 0 Å². The summed E-state index contributed by atoms with van der Waals surface area (Å²) in [7, 11) is 0. The maximum Gasteiger partial charge on any atom is 0.0632 e. The number of rotatable bonds is 5. The van der Waals surface area contributed by atoms with E-state index in [1.165, 1.54) is 0 Å². The van der Waals surface area contributed by atoms with Crippen LogP contribution in [0.1, 0.15) is 20.3 Å². The lowest BCUT2D eigenvalue weighted by Gasteiger charge is -2.06. The lowest BCUT2D eigenvalue weighted by atomic mass is 10.1. The smallest absolute Gasteiger partial charge is 0.0632 e. The summed E-state index contributed by atoms with van der Waals surface area (Å²) in [6.45, 7) is 4.69. The molecule has 1 aromatic rings. The number of hydrogen-bond acceptors (Lipinski definition) is 3. The fraction of sp³-hybridized carbons (Fsp3) is 0.357. The zero-order chi connectivity index (χ0) is 12.7. The summed E-state index contributed by atoms with van der Waals surface area (Å²) in [6.07, 6.45) is 2.78. The average molecular weight is 231 g/mol. The van der Waals surface area contributed by atoms with E-state index in [0.29, 0.717) is 18.2 Å². The van der Waals surface area contributed by atoms with Crippen molar-refractivity contribution in [1.29, 1.82) is 0 Å². The van der Waals surface area contributed by atoms with Gasteiger partial charge in [0.15, 0.2) is 0 Å². The molecule has 17 heavy (non-hydrogen) atoms. The van der Waals surface area contributed by atoms with E-state index in [9.17, 15) is 0 Å². The Morgan fingerprint density at radius 3 is 2.47 bits per heavy atom. The molecule has 0 aromatic heterocycles. The molecule has 0 saturated carbocycles. The van der Waals surface area contributed by atoms with Crippen LogP contribution in [0.4, 0.5) is 5.69 Å². The van der Waals surface area contributed by atoms with Gasteiger partial charge in [-0.1, -0.05) is 32.0 Å². The first kappa shape index (κ1) is 13.5. The van der Waals surface area contributed by atoms with Gasteiger partial charge >= 0.3 is 0 Å². The number of hydrogen-bond donors (Lipinski definition) is 2. The second-order valence-corrected chi connectivity index (χ2v) is 4.46. The molecule has 0 aliphatic carbocycles. The Kier molecular flexibility index (Phi) is 5.43. The molecule has 0 fully saturated rings. The predicted molar refractivity (Wildman–Crippen MR) is 74.3 cm³/mol. The molecule has 3 nitrogen and oxygen atoms in total. The van der Waals surface area contributed by atoms with Crippen LogP contribution in [0, 0.1) is 5.92 Å². The van der Waals surface area contributed by atoms with Gasteiger partial charge in [0.1, 0.15) is 0 Å². The van der Waals surface area contributed by atoms with Crippen LogP contribution in [0.3, 0.4) is 0 Å². The van der Waals surface area contributed by atoms with Gasteiger partial charge in [-0.15, -0.1) is 0 Å². The maximum absolute atomic E-state index is 5.76. The first-order valence-corrected chi connectivity index (χ1v) is 5.90. The third-order valence-electron chi connectivity index (χ3n) is 2.23. The van der Waals surface area contributed by atoms with E-state index in [0.717, 1.165) is 17.8 Å². The van der Waals surface area contributed by atoms with Crippen LogP contribution in [0.25, 0.3) is 0 Å². The fourth-order valence-corrected chi connectivity index (χ4v) is 1.50. The van der Waals surface area contributed by atoms with Gasteiger partial charge < -0.3 is 11.5 Å². The van der Waals surface area contributed by atoms with Crippen molar-refractivity contribution in [2.45, 2.75) is 20.3 Å². The number of para-hydroxylation sites is 1. The highest BCUT2D eigenvalue weighted by Crippen LogP contribution is 2.14. The number of benzene rings is 1. The minimum absolute atomic E-state index is 0.367. The normalized spacial score (nSPS) is 13.2. The minimum Gasteiger partial charge on any atom is -0.401 e. The average Bonchev–Trinajstić information content (AvgIpc) is 2.29. The zero-order valence-corrected chi connectivity index (χ0v) is 10.6. The van der Waals surface area contributed by atoms with Crippen LogP contribution in [-0.4, -0.2) is 12.3 Å². The van der Waals surface area contributed by atoms with Crippen LogP contribution in [0.2, 0.25) is 0 Å². The van der Waals surface area contributed by atoms with E-state index in [-0.39, 0.29) is 0 Å². The van der Waals surface area contributed by atoms with Crippen LogP contribution >= 0.6 is 0 Å². The third-order valence-corrected chi connectivity index (χ3v) is 2.23. The third kappa shape index (κ3) is 5.31. The van der Waals surface area contributed by atoms with Gasteiger partial charge in [0.25, 0.3) is 0 Å². The number of nitrogens with two attached hydrogens (primary N) is 2. The molecule has 1 rings (SSSR count). The molecular formula is C14H21N3. The van der Waals surface area contributed by atoms with Gasteiger partial charge in [0, 0.05) is 18.0 Å². The van der Waals surface area contributed by atoms with Crippen molar-refractivity contribution in [3.05, 3.63) is 42.1 Å². The van der Waals surface area contributed by atoms with Crippen LogP contribution < -0.4 is 11.5 Å². The first-order valence-electron chi connectivity index (χ1n) is 5.90. The van der Waals surface area contributed by atoms with E-state index in [1.807, 2.05) is 36.4 Å². The quantitative estimate of drug-likeness (QED) is 0.765. The lowest BCUT2D eigenvalue weighted by molar-refractivity contribution is 0.685. The van der Waals surface area contributed by atoms with E-state index in [1.54, 1.807) is 0 Å². The highest BCUT2D eigenvalue weighted by atomic mass is 14.8. The van der Waals surface area contributed by atoms with Gasteiger partial charge in [0.05, 0.1) is 5.69 Å². The van der Waals surface area contributed by atoms with Gasteiger partial charge in [-0.3, -0.25) is 4.99 Å². The van der Waals surface area contributed by atoms with E-state index in [2.05, 4.69) is 18.8 Å². The molecule has 92 valence electrons. The lowest BCUT2D eigenvalue weighted by Crippen LogP contribution is -2.13. The largest absolute Gasteiger partial charge is 0.401 e. The summed E-state index contributed by atoms with van der Waals surface area (Å²) in [5.41, 5.74) is 13.9. The van der Waals surface area contributed by atoms with Gasteiger partial charge in [-0.2, -0.15) is 0 Å². The molecule has 0 unspecified atom stereocenters. The van der Waals surface area contributed by atoms with Crippen LogP contribution in [-0.2, 0) is 0 Å². The Morgan fingerprint density at radius 1 is 1.29 bits per heavy atom. The molecule has 3 heteroatoms. The molecule has 0 saturated heterocycles. The summed E-state index contributed by atoms with van der Waals surface area (Å²) < 4.78 is 0. The van der Waals surface area contributed by atoms with Crippen LogP contribution in [0.5, 0.6) is 0 Å². The standard InChI is InChI=1S/C14H21N3/c1-11(2)8-14(9-12(16)10-15)17-13-6-4-3-5-7-13/h3-7,9,11H,8,10,15-16H2,1-2H3/b12-9-,17-14?. The molecule has 0 amide bonds. The highest BCUT2D eigenvalue weighted by Gasteiger charge is 2.02. The van der Waals surface area contributed by atoms with Crippen molar-refractivity contribution in [3.63, 3.8) is 0 Å². The van der Waals surface area contributed by atoms with Crippen molar-refractivity contribution in [2.24, 2.45) is 22.4 Å². The van der Waals surface area contributed by atoms with E-state index >= 15 is 0 Å². The molecule has 0 aliphatic heterocycles. The zero-order valence-electron chi connectivity index (χ0n) is 10.6. The van der Waals surface area contributed by atoms with Crippen molar-refractivity contribution in [1.82, 2.24) is 0 Å². The Bertz CT molecular complexity index is 391. The number of allylic oxidation sites excluding steroid dienone is 1. The molecule has 4 N–H and O–H groups in total. The summed E-state index contributed by atoms with van der Waals surface area (Å²) in [4.78, 5) is 4.59. The van der Waals surface area contributed by atoms with Crippen molar-refractivity contribution in [3.8, 4) is 0 Å². The predicted octanol–water partition coefficient (Wildman–Crippen LogP) is 2.61.